The van der Waals surface area contributed by atoms with Gasteiger partial charge in [0.1, 0.15) is 5.58 Å². The van der Waals surface area contributed by atoms with Gasteiger partial charge in [0.05, 0.1) is 27.8 Å². The lowest BCUT2D eigenvalue weighted by molar-refractivity contribution is 0.0697. The summed E-state index contributed by atoms with van der Waals surface area (Å²) in [5, 5.41) is 9.13. The SMILES string of the molecule is CCOc1cc(S(=O)(=O)NC)cc2c(=O)c3cc(C(=O)O)ccc3oc12. The Balaban J connectivity index is 2.46. The molecule has 0 aliphatic carbocycles. The van der Waals surface area contributed by atoms with Crippen LogP contribution in [0.3, 0.4) is 0 Å². The van der Waals surface area contributed by atoms with Crippen molar-refractivity contribution in [3.05, 3.63) is 46.1 Å². The lowest BCUT2D eigenvalue weighted by Crippen LogP contribution is -2.19. The second-order valence-electron chi connectivity index (χ2n) is 5.39. The summed E-state index contributed by atoms with van der Waals surface area (Å²) in [7, 11) is -2.57. The molecule has 0 saturated heterocycles. The molecule has 1 aromatic heterocycles. The average Bonchev–Trinajstić information content (AvgIpc) is 2.62. The normalized spacial score (nSPS) is 11.8. The smallest absolute Gasteiger partial charge is 0.335 e. The lowest BCUT2D eigenvalue weighted by Gasteiger charge is -2.11. The Bertz CT molecular complexity index is 1200. The lowest BCUT2D eigenvalue weighted by atomic mass is 10.1. The Morgan fingerprint density at radius 2 is 1.96 bits per heavy atom. The molecule has 9 heteroatoms. The standard InChI is InChI=1S/C17H15NO7S/c1-3-24-14-8-10(26(22,23)18-2)7-12-15(19)11-6-9(17(20)21)4-5-13(11)25-16(12)14/h4-8,18H,3H2,1-2H3,(H,20,21). The van der Waals surface area contributed by atoms with Crippen molar-refractivity contribution in [2.24, 2.45) is 0 Å². The first-order valence-corrected chi connectivity index (χ1v) is 9.11. The molecular formula is C17H15NO7S. The number of aromatic carboxylic acids is 1. The van der Waals surface area contributed by atoms with E-state index in [1.807, 2.05) is 0 Å². The molecule has 0 atom stereocenters. The third-order valence-electron chi connectivity index (χ3n) is 3.84. The van der Waals surface area contributed by atoms with Gasteiger partial charge in [-0.25, -0.2) is 17.9 Å². The Hall–Kier alpha value is -2.91. The zero-order valence-corrected chi connectivity index (χ0v) is 14.7. The van der Waals surface area contributed by atoms with Crippen LogP contribution in [0.2, 0.25) is 0 Å². The number of fused-ring (bicyclic) bond motifs is 2. The number of nitrogens with one attached hydrogen (secondary N) is 1. The number of carboxylic acid groups (broad SMARTS) is 1. The van der Waals surface area contributed by atoms with Crippen molar-refractivity contribution in [3.63, 3.8) is 0 Å². The number of hydrogen-bond acceptors (Lipinski definition) is 6. The Labute approximate surface area is 148 Å². The largest absolute Gasteiger partial charge is 0.490 e. The van der Waals surface area contributed by atoms with Crippen molar-refractivity contribution in [2.45, 2.75) is 11.8 Å². The molecule has 0 amide bonds. The van der Waals surface area contributed by atoms with Crippen LogP contribution in [-0.4, -0.2) is 33.1 Å². The molecule has 0 aliphatic heterocycles. The fraction of sp³-hybridized carbons (Fsp3) is 0.176. The fourth-order valence-electron chi connectivity index (χ4n) is 2.57. The van der Waals surface area contributed by atoms with E-state index in [1.54, 1.807) is 6.92 Å². The van der Waals surface area contributed by atoms with E-state index in [2.05, 4.69) is 4.72 Å². The van der Waals surface area contributed by atoms with E-state index in [4.69, 9.17) is 14.3 Å². The third kappa shape index (κ3) is 2.91. The van der Waals surface area contributed by atoms with Crippen molar-refractivity contribution in [2.75, 3.05) is 13.7 Å². The maximum absolute atomic E-state index is 12.9. The van der Waals surface area contributed by atoms with Gasteiger partial charge in [-0.1, -0.05) is 0 Å². The zero-order chi connectivity index (χ0) is 19.1. The Kier molecular flexibility index (Phi) is 4.43. The van der Waals surface area contributed by atoms with E-state index in [1.165, 1.54) is 37.4 Å². The summed E-state index contributed by atoms with van der Waals surface area (Å²) in [6, 6.07) is 6.36. The van der Waals surface area contributed by atoms with E-state index in [0.717, 1.165) is 0 Å². The number of carbonyl (C=O) groups is 1. The van der Waals surface area contributed by atoms with Crippen LogP contribution in [0, 0.1) is 0 Å². The minimum Gasteiger partial charge on any atom is -0.490 e. The number of sulfonamides is 1. The highest BCUT2D eigenvalue weighted by molar-refractivity contribution is 7.89. The van der Waals surface area contributed by atoms with Crippen LogP contribution in [0.15, 0.2) is 44.4 Å². The van der Waals surface area contributed by atoms with Gasteiger partial charge >= 0.3 is 5.97 Å². The fourth-order valence-corrected chi connectivity index (χ4v) is 3.34. The van der Waals surface area contributed by atoms with Gasteiger partial charge in [0, 0.05) is 6.07 Å². The highest BCUT2D eigenvalue weighted by atomic mass is 32.2. The van der Waals surface area contributed by atoms with Crippen LogP contribution in [0.5, 0.6) is 5.75 Å². The molecule has 0 aliphatic rings. The number of rotatable bonds is 5. The van der Waals surface area contributed by atoms with E-state index in [-0.39, 0.29) is 44.8 Å². The second kappa shape index (κ2) is 6.43. The number of hydrogen-bond donors (Lipinski definition) is 2. The number of benzene rings is 2. The summed E-state index contributed by atoms with van der Waals surface area (Å²) >= 11 is 0. The topological polar surface area (TPSA) is 123 Å². The summed E-state index contributed by atoms with van der Waals surface area (Å²) in [4.78, 5) is 23.9. The quantitative estimate of drug-likeness (QED) is 0.651. The van der Waals surface area contributed by atoms with Crippen molar-refractivity contribution < 1.29 is 27.5 Å². The van der Waals surface area contributed by atoms with Gasteiger partial charge < -0.3 is 14.3 Å². The van der Waals surface area contributed by atoms with Crippen LogP contribution >= 0.6 is 0 Å². The molecular weight excluding hydrogens is 362 g/mol. The molecule has 1 heterocycles. The molecule has 0 fully saturated rings. The van der Waals surface area contributed by atoms with Crippen LogP contribution < -0.4 is 14.9 Å². The molecule has 0 saturated carbocycles. The Morgan fingerprint density at radius 1 is 1.23 bits per heavy atom. The van der Waals surface area contributed by atoms with E-state index < -0.39 is 21.4 Å². The van der Waals surface area contributed by atoms with Crippen molar-refractivity contribution in [1.82, 2.24) is 4.72 Å². The van der Waals surface area contributed by atoms with E-state index >= 15 is 0 Å². The summed E-state index contributed by atoms with van der Waals surface area (Å²) in [5.41, 5.74) is -0.341. The number of ether oxygens (including phenoxy) is 1. The first kappa shape index (κ1) is 17.9. The first-order chi connectivity index (χ1) is 12.3. The van der Waals surface area contributed by atoms with Crippen molar-refractivity contribution in [3.8, 4) is 5.75 Å². The molecule has 3 aromatic rings. The second-order valence-corrected chi connectivity index (χ2v) is 7.27. The zero-order valence-electron chi connectivity index (χ0n) is 13.9. The van der Waals surface area contributed by atoms with Gasteiger partial charge in [-0.15, -0.1) is 0 Å². The summed E-state index contributed by atoms with van der Waals surface area (Å²) in [5.74, 6) is -1.08. The van der Waals surface area contributed by atoms with Crippen LogP contribution in [0.1, 0.15) is 17.3 Å². The van der Waals surface area contributed by atoms with Crippen LogP contribution in [0.25, 0.3) is 21.9 Å². The van der Waals surface area contributed by atoms with Gasteiger partial charge in [0.2, 0.25) is 15.5 Å². The molecule has 26 heavy (non-hydrogen) atoms. The average molecular weight is 377 g/mol. The van der Waals surface area contributed by atoms with Crippen LogP contribution in [0.4, 0.5) is 0 Å². The Morgan fingerprint density at radius 3 is 2.58 bits per heavy atom. The molecule has 0 bridgehead atoms. The molecule has 2 N–H and O–H groups in total. The maximum Gasteiger partial charge on any atom is 0.335 e. The van der Waals surface area contributed by atoms with Gasteiger partial charge in [-0.3, -0.25) is 4.79 Å². The minimum absolute atomic E-state index is 0.0141. The molecule has 2 aromatic carbocycles. The monoisotopic (exact) mass is 377 g/mol. The molecule has 0 spiro atoms. The minimum atomic E-state index is -3.83. The highest BCUT2D eigenvalue weighted by Gasteiger charge is 2.20. The van der Waals surface area contributed by atoms with Gasteiger partial charge in [-0.2, -0.15) is 0 Å². The molecule has 0 unspecified atom stereocenters. The number of carboxylic acids is 1. The summed E-state index contributed by atoms with van der Waals surface area (Å²) in [6.45, 7) is 1.95. The maximum atomic E-state index is 12.9. The molecule has 3 rings (SSSR count). The van der Waals surface area contributed by atoms with Crippen LogP contribution in [-0.2, 0) is 10.0 Å². The van der Waals surface area contributed by atoms with E-state index in [0.29, 0.717) is 0 Å². The highest BCUT2D eigenvalue weighted by Crippen LogP contribution is 2.31. The van der Waals surface area contributed by atoms with Gasteiger partial charge in [-0.05, 0) is 38.2 Å². The van der Waals surface area contributed by atoms with Crippen molar-refractivity contribution in [1.29, 1.82) is 0 Å². The predicted octanol–water partition coefficient (Wildman–Crippen LogP) is 1.95. The first-order valence-electron chi connectivity index (χ1n) is 7.62. The predicted molar refractivity (Wildman–Crippen MR) is 94.4 cm³/mol. The summed E-state index contributed by atoms with van der Waals surface area (Å²) < 4.78 is 37.6. The van der Waals surface area contributed by atoms with Gasteiger partial charge in [0.25, 0.3) is 0 Å². The van der Waals surface area contributed by atoms with Gasteiger partial charge in [0.15, 0.2) is 11.3 Å². The molecule has 136 valence electrons. The van der Waals surface area contributed by atoms with E-state index in [9.17, 15) is 18.0 Å². The summed E-state index contributed by atoms with van der Waals surface area (Å²) in [6.07, 6.45) is 0. The third-order valence-corrected chi connectivity index (χ3v) is 5.23. The van der Waals surface area contributed by atoms with Crippen molar-refractivity contribution >= 4 is 37.9 Å². The molecule has 0 radical (unpaired) electrons. The molecule has 8 nitrogen and oxygen atoms in total.